The molecule has 0 spiro atoms. The third-order valence-corrected chi connectivity index (χ3v) is 5.63. The third-order valence-electron chi connectivity index (χ3n) is 4.59. The Morgan fingerprint density at radius 2 is 1.81 bits per heavy atom. The Hall–Kier alpha value is -2.56. The molecule has 0 radical (unpaired) electrons. The van der Waals surface area contributed by atoms with Gasteiger partial charge in [-0.15, -0.1) is 25.6 Å². The van der Waals surface area contributed by atoms with Gasteiger partial charge in [-0.1, -0.05) is 17.4 Å². The maximum absolute atomic E-state index is 13.0. The molecule has 0 saturated carbocycles. The predicted octanol–water partition coefficient (Wildman–Crippen LogP) is 5.83. The van der Waals surface area contributed by atoms with Gasteiger partial charge in [0.05, 0.1) is 10.2 Å². The van der Waals surface area contributed by atoms with Crippen molar-refractivity contribution < 1.29 is 22.7 Å². The Bertz CT molecular complexity index is 1090. The molecule has 0 aliphatic carbocycles. The number of benzene rings is 2. The van der Waals surface area contributed by atoms with Gasteiger partial charge in [-0.25, -0.2) is 9.78 Å². The lowest BCUT2D eigenvalue weighted by Crippen LogP contribution is -2.39. The summed E-state index contributed by atoms with van der Waals surface area (Å²) in [5, 5.41) is 3.27. The van der Waals surface area contributed by atoms with Gasteiger partial charge >= 0.3 is 12.4 Å². The van der Waals surface area contributed by atoms with Crippen LogP contribution >= 0.6 is 23.7 Å². The number of nitrogens with one attached hydrogen (secondary N) is 1. The molecular weight excluding hydrogens is 465 g/mol. The minimum absolute atomic E-state index is 0. The van der Waals surface area contributed by atoms with Crippen molar-refractivity contribution in [3.05, 3.63) is 47.5 Å². The van der Waals surface area contributed by atoms with Crippen LogP contribution in [0.5, 0.6) is 5.75 Å². The number of likely N-dealkylation sites (N-methyl/N-ethyl adjacent to an activating group) is 1. The number of thiazole rings is 1. The van der Waals surface area contributed by atoms with Crippen molar-refractivity contribution in [2.45, 2.75) is 20.2 Å². The molecular formula is C21H24ClF3N4O2S. The van der Waals surface area contributed by atoms with Crippen LogP contribution < -0.4 is 15.0 Å². The molecule has 6 nitrogen and oxygen atoms in total. The van der Waals surface area contributed by atoms with Crippen LogP contribution in [0.3, 0.4) is 0 Å². The second-order valence-corrected chi connectivity index (χ2v) is 8.37. The summed E-state index contributed by atoms with van der Waals surface area (Å²) in [6.45, 7) is 4.89. The average Bonchev–Trinajstić information content (AvgIpc) is 3.06. The Labute approximate surface area is 194 Å². The van der Waals surface area contributed by atoms with Crippen LogP contribution in [0.25, 0.3) is 10.2 Å². The van der Waals surface area contributed by atoms with Gasteiger partial charge < -0.3 is 15.0 Å². The molecule has 0 unspecified atom stereocenters. The number of hydrogen-bond acceptors (Lipinski definition) is 5. The fourth-order valence-corrected chi connectivity index (χ4v) is 3.82. The lowest BCUT2D eigenvalue weighted by atomic mass is 10.1. The van der Waals surface area contributed by atoms with E-state index < -0.39 is 6.36 Å². The van der Waals surface area contributed by atoms with E-state index in [1.807, 2.05) is 51.0 Å². The highest BCUT2D eigenvalue weighted by Gasteiger charge is 2.31. The third kappa shape index (κ3) is 6.72. The number of alkyl halides is 3. The number of carbonyl (C=O) groups is 1. The van der Waals surface area contributed by atoms with Crippen LogP contribution in [0.1, 0.15) is 11.1 Å². The van der Waals surface area contributed by atoms with Gasteiger partial charge in [-0.05, 0) is 63.3 Å². The normalized spacial score (nSPS) is 11.4. The molecule has 0 aliphatic rings. The number of hydrogen-bond donors (Lipinski definition) is 1. The number of aryl methyl sites for hydroxylation is 2. The van der Waals surface area contributed by atoms with Gasteiger partial charge in [0, 0.05) is 24.8 Å². The van der Waals surface area contributed by atoms with Gasteiger partial charge in [0.15, 0.2) is 5.13 Å². The summed E-state index contributed by atoms with van der Waals surface area (Å²) >= 11 is 1.13. The smallest absolute Gasteiger partial charge is 0.406 e. The zero-order valence-electron chi connectivity index (χ0n) is 18.0. The first-order valence-corrected chi connectivity index (χ1v) is 10.3. The quantitative estimate of drug-likeness (QED) is 0.474. The summed E-state index contributed by atoms with van der Waals surface area (Å²) in [5.74, 6) is -0.324. The van der Waals surface area contributed by atoms with Crippen LogP contribution in [0, 0.1) is 13.8 Å². The van der Waals surface area contributed by atoms with E-state index in [0.717, 1.165) is 22.5 Å². The number of nitrogens with zero attached hydrogens (tertiary/aromatic N) is 3. The zero-order valence-corrected chi connectivity index (χ0v) is 19.6. The first-order chi connectivity index (χ1) is 14.5. The molecule has 0 aliphatic heterocycles. The summed E-state index contributed by atoms with van der Waals surface area (Å²) in [7, 11) is 3.77. The highest BCUT2D eigenvalue weighted by atomic mass is 35.5. The van der Waals surface area contributed by atoms with E-state index in [4.69, 9.17) is 0 Å². The van der Waals surface area contributed by atoms with Crippen molar-refractivity contribution >= 4 is 50.8 Å². The van der Waals surface area contributed by atoms with E-state index in [2.05, 4.69) is 15.0 Å². The zero-order chi connectivity index (χ0) is 22.8. The summed E-state index contributed by atoms with van der Waals surface area (Å²) in [4.78, 5) is 20.9. The molecule has 1 N–H and O–H groups in total. The highest BCUT2D eigenvalue weighted by molar-refractivity contribution is 7.22. The minimum Gasteiger partial charge on any atom is -0.406 e. The van der Waals surface area contributed by atoms with E-state index in [1.165, 1.54) is 23.1 Å². The first kappa shape index (κ1) is 25.7. The SMILES string of the molecule is Cc1ccc(NC(=O)N(CCN(C)C)c2nc3ccc(OC(F)(F)F)cc3s2)cc1C.Cl. The van der Waals surface area contributed by atoms with Crippen molar-refractivity contribution in [2.24, 2.45) is 0 Å². The molecule has 2 aromatic carbocycles. The molecule has 11 heteroatoms. The fraction of sp³-hybridized carbons (Fsp3) is 0.333. The number of halogens is 4. The molecule has 3 aromatic rings. The summed E-state index contributed by atoms with van der Waals surface area (Å²) in [6, 6.07) is 9.20. The molecule has 0 fully saturated rings. The number of fused-ring (bicyclic) bond motifs is 1. The second-order valence-electron chi connectivity index (χ2n) is 7.36. The number of carbonyl (C=O) groups excluding carboxylic acids is 1. The molecule has 1 aromatic heterocycles. The maximum atomic E-state index is 13.0. The molecule has 0 bridgehead atoms. The van der Waals surface area contributed by atoms with Crippen LogP contribution in [-0.4, -0.2) is 49.5 Å². The van der Waals surface area contributed by atoms with E-state index in [-0.39, 0.29) is 24.2 Å². The minimum atomic E-state index is -4.77. The van der Waals surface area contributed by atoms with Gasteiger partial charge in [0.25, 0.3) is 0 Å². The van der Waals surface area contributed by atoms with Crippen LogP contribution in [-0.2, 0) is 0 Å². The number of aromatic nitrogens is 1. The Balaban J connectivity index is 0.00000363. The lowest BCUT2D eigenvalue weighted by Gasteiger charge is -2.22. The number of rotatable bonds is 6. The Morgan fingerprint density at radius 1 is 1.09 bits per heavy atom. The molecule has 3 rings (SSSR count). The molecule has 0 atom stereocenters. The number of anilines is 2. The summed E-state index contributed by atoms with van der Waals surface area (Å²) in [5.41, 5.74) is 3.31. The lowest BCUT2D eigenvalue weighted by molar-refractivity contribution is -0.274. The monoisotopic (exact) mass is 488 g/mol. The summed E-state index contributed by atoms with van der Waals surface area (Å²) < 4.78 is 42.0. The second kappa shape index (κ2) is 10.4. The fourth-order valence-electron chi connectivity index (χ4n) is 2.80. The van der Waals surface area contributed by atoms with Crippen molar-refractivity contribution in [1.29, 1.82) is 0 Å². The molecule has 32 heavy (non-hydrogen) atoms. The van der Waals surface area contributed by atoms with Crippen molar-refractivity contribution in [1.82, 2.24) is 9.88 Å². The van der Waals surface area contributed by atoms with Gasteiger partial charge in [-0.2, -0.15) is 0 Å². The topological polar surface area (TPSA) is 57.7 Å². The van der Waals surface area contributed by atoms with Crippen LogP contribution in [0.2, 0.25) is 0 Å². The van der Waals surface area contributed by atoms with Crippen LogP contribution in [0.15, 0.2) is 36.4 Å². The maximum Gasteiger partial charge on any atom is 0.573 e. The highest BCUT2D eigenvalue weighted by Crippen LogP contribution is 2.33. The van der Waals surface area contributed by atoms with Gasteiger partial charge in [0.2, 0.25) is 0 Å². The average molecular weight is 489 g/mol. The Kier molecular flexibility index (Phi) is 8.33. The van der Waals surface area contributed by atoms with Crippen molar-refractivity contribution in [3.63, 3.8) is 0 Å². The molecule has 2 amide bonds. The number of amides is 2. The largest absolute Gasteiger partial charge is 0.573 e. The van der Waals surface area contributed by atoms with Crippen LogP contribution in [0.4, 0.5) is 28.8 Å². The first-order valence-electron chi connectivity index (χ1n) is 9.48. The standard InChI is InChI=1S/C21H23F3N4O2S.ClH/c1-13-5-6-15(11-14(13)2)25-19(29)28(10-9-27(3)4)20-26-17-8-7-16(12-18(17)31-20)30-21(22,23)24;/h5-8,11-12H,9-10H2,1-4H3,(H,25,29);1H. The van der Waals surface area contributed by atoms with Crippen molar-refractivity contribution in [2.75, 3.05) is 37.4 Å². The molecule has 0 saturated heterocycles. The van der Waals surface area contributed by atoms with E-state index in [1.54, 1.807) is 0 Å². The van der Waals surface area contributed by atoms with Gasteiger partial charge in [-0.3, -0.25) is 4.90 Å². The Morgan fingerprint density at radius 3 is 2.44 bits per heavy atom. The van der Waals surface area contributed by atoms with Crippen molar-refractivity contribution in [3.8, 4) is 5.75 Å². The van der Waals surface area contributed by atoms with Gasteiger partial charge in [0.1, 0.15) is 5.75 Å². The molecule has 1 heterocycles. The number of ether oxygens (including phenoxy) is 1. The number of urea groups is 1. The molecule has 174 valence electrons. The predicted molar refractivity (Wildman–Crippen MR) is 124 cm³/mol. The van der Waals surface area contributed by atoms with E-state index in [0.29, 0.717) is 34.1 Å². The van der Waals surface area contributed by atoms with E-state index in [9.17, 15) is 18.0 Å². The summed E-state index contributed by atoms with van der Waals surface area (Å²) in [6.07, 6.45) is -4.77. The van der Waals surface area contributed by atoms with E-state index >= 15 is 0 Å².